The van der Waals surface area contributed by atoms with Crippen LogP contribution in [0.4, 0.5) is 5.95 Å². The summed E-state index contributed by atoms with van der Waals surface area (Å²) in [6.45, 7) is 0.201. The second-order valence-corrected chi connectivity index (χ2v) is 8.35. The number of fused-ring (bicyclic) bond motifs is 1. The van der Waals surface area contributed by atoms with Crippen LogP contribution in [-0.2, 0) is 9.47 Å². The quantitative estimate of drug-likeness (QED) is 0.377. The molecule has 1 aromatic carbocycles. The number of aromatic nitrogens is 4. The van der Waals surface area contributed by atoms with E-state index in [4.69, 9.17) is 26.8 Å². The summed E-state index contributed by atoms with van der Waals surface area (Å²) in [7, 11) is 0. The number of imidazole rings is 1. The van der Waals surface area contributed by atoms with E-state index in [2.05, 4.69) is 15.0 Å². The number of carbonyl (C=O) groups excluding carboxylic acids is 1. The van der Waals surface area contributed by atoms with Gasteiger partial charge in [0.1, 0.15) is 0 Å². The number of rotatable bonds is 4. The molecule has 1 aliphatic rings. The van der Waals surface area contributed by atoms with E-state index >= 15 is 0 Å². The first kappa shape index (κ1) is 17.2. The van der Waals surface area contributed by atoms with E-state index in [-0.39, 0.29) is 44.0 Å². The molecule has 3 aromatic rings. The number of anilines is 1. The van der Waals surface area contributed by atoms with Gasteiger partial charge in [-0.05, 0) is 0 Å². The molecule has 8 nitrogen and oxygen atoms in total. The Morgan fingerprint density at radius 3 is 3.00 bits per heavy atom. The number of carbonyl (C=O) groups is 1. The van der Waals surface area contributed by atoms with Gasteiger partial charge in [-0.3, -0.25) is 0 Å². The van der Waals surface area contributed by atoms with Crippen molar-refractivity contribution in [3.8, 4) is 0 Å². The molecule has 0 aliphatic carbocycles. The Balaban J connectivity index is 1.44. The Kier molecular flexibility index (Phi) is 4.77. The van der Waals surface area contributed by atoms with E-state index in [1.54, 1.807) is 28.8 Å². The van der Waals surface area contributed by atoms with Crippen LogP contribution in [0.25, 0.3) is 11.2 Å². The van der Waals surface area contributed by atoms with Gasteiger partial charge in [0, 0.05) is 0 Å². The molecule has 0 saturated carbocycles. The topological polar surface area (TPSA) is 105 Å². The number of halogens is 1. The molecule has 0 spiro atoms. The van der Waals surface area contributed by atoms with Crippen molar-refractivity contribution in [3.63, 3.8) is 0 Å². The van der Waals surface area contributed by atoms with Crippen molar-refractivity contribution in [1.82, 2.24) is 19.5 Å². The van der Waals surface area contributed by atoms with E-state index in [0.29, 0.717) is 22.7 Å². The van der Waals surface area contributed by atoms with Gasteiger partial charge in [0.25, 0.3) is 0 Å². The van der Waals surface area contributed by atoms with Gasteiger partial charge in [0.05, 0.1) is 0 Å². The standard InChI is InChI=1S/C16H14ClN5O3Se/c17-15-19-6-10-13(21-15)22(16(18)20-10)11-8-26-12(25-11)7-24-14(23)9-4-2-1-3-5-9/h1-6,11-12H,7-8H2,(H2,18,20)/t11-,12+/m1/s1. The summed E-state index contributed by atoms with van der Waals surface area (Å²) in [5, 5.41) is 0.725. The van der Waals surface area contributed by atoms with Gasteiger partial charge in [0.2, 0.25) is 0 Å². The SMILES string of the molecule is Nc1nc2cnc(Cl)nc2n1[C@H]1C[Se][C@@H](COC(=O)c2ccccc2)O1. The minimum atomic E-state index is -0.361. The Bertz CT molecular complexity index is 952. The zero-order valence-corrected chi connectivity index (χ0v) is 15.9. The molecule has 0 bridgehead atoms. The van der Waals surface area contributed by atoms with Crippen LogP contribution in [0, 0.1) is 0 Å². The van der Waals surface area contributed by atoms with Gasteiger partial charge < -0.3 is 0 Å². The molecule has 1 aliphatic heterocycles. The Morgan fingerprint density at radius 1 is 1.38 bits per heavy atom. The first-order chi connectivity index (χ1) is 12.6. The maximum absolute atomic E-state index is 12.0. The van der Waals surface area contributed by atoms with E-state index < -0.39 is 0 Å². The molecule has 1 saturated heterocycles. The number of nitrogens with zero attached hydrogens (tertiary/aromatic N) is 4. The molecule has 2 atom stereocenters. The second kappa shape index (κ2) is 7.20. The van der Waals surface area contributed by atoms with E-state index in [1.807, 2.05) is 6.07 Å². The molecule has 10 heteroatoms. The number of hydrogen-bond donors (Lipinski definition) is 1. The number of hydrogen-bond acceptors (Lipinski definition) is 7. The summed E-state index contributed by atoms with van der Waals surface area (Å²) in [5.41, 5.74) is 7.62. The fourth-order valence-corrected chi connectivity index (χ4v) is 4.82. The zero-order chi connectivity index (χ0) is 18.1. The van der Waals surface area contributed by atoms with Crippen molar-refractivity contribution in [2.24, 2.45) is 0 Å². The van der Waals surface area contributed by atoms with Crippen LogP contribution >= 0.6 is 11.6 Å². The summed E-state index contributed by atoms with van der Waals surface area (Å²) in [5.74, 6) is -0.0696. The van der Waals surface area contributed by atoms with Crippen molar-refractivity contribution in [3.05, 3.63) is 47.4 Å². The van der Waals surface area contributed by atoms with Crippen LogP contribution in [0.2, 0.25) is 10.6 Å². The fraction of sp³-hybridized carbons (Fsp3) is 0.250. The van der Waals surface area contributed by atoms with Crippen molar-refractivity contribution in [2.75, 3.05) is 12.3 Å². The van der Waals surface area contributed by atoms with Gasteiger partial charge in [-0.25, -0.2) is 0 Å². The Hall–Kier alpha value is -2.19. The summed E-state index contributed by atoms with van der Waals surface area (Å²) in [6, 6.07) is 8.87. The number of ether oxygens (including phenoxy) is 2. The molecular weight excluding hydrogens is 425 g/mol. The molecule has 26 heavy (non-hydrogen) atoms. The van der Waals surface area contributed by atoms with Crippen molar-refractivity contribution < 1.29 is 14.3 Å². The number of benzene rings is 1. The summed E-state index contributed by atoms with van der Waals surface area (Å²) in [4.78, 5) is 24.4. The van der Waals surface area contributed by atoms with Crippen LogP contribution in [0.5, 0.6) is 0 Å². The molecule has 0 amide bonds. The third kappa shape index (κ3) is 3.39. The van der Waals surface area contributed by atoms with Crippen LogP contribution < -0.4 is 5.73 Å². The van der Waals surface area contributed by atoms with E-state index in [1.165, 1.54) is 6.20 Å². The van der Waals surface area contributed by atoms with Crippen LogP contribution in [0.1, 0.15) is 16.6 Å². The molecule has 2 aromatic heterocycles. The van der Waals surface area contributed by atoms with Gasteiger partial charge in [0.15, 0.2) is 0 Å². The Morgan fingerprint density at radius 2 is 2.19 bits per heavy atom. The van der Waals surface area contributed by atoms with Gasteiger partial charge in [-0.2, -0.15) is 0 Å². The number of nitrogens with two attached hydrogens (primary N) is 1. The average molecular weight is 439 g/mol. The van der Waals surface area contributed by atoms with Gasteiger partial charge in [-0.1, -0.05) is 0 Å². The molecule has 3 heterocycles. The van der Waals surface area contributed by atoms with Crippen molar-refractivity contribution >= 4 is 49.6 Å². The Labute approximate surface area is 159 Å². The fourth-order valence-electron chi connectivity index (χ4n) is 2.64. The van der Waals surface area contributed by atoms with Crippen LogP contribution in [0.3, 0.4) is 0 Å². The van der Waals surface area contributed by atoms with Crippen LogP contribution in [-0.4, -0.2) is 52.1 Å². The predicted octanol–water partition coefficient (Wildman–Crippen LogP) is 1.90. The van der Waals surface area contributed by atoms with Crippen molar-refractivity contribution in [1.29, 1.82) is 0 Å². The summed E-state index contributed by atoms with van der Waals surface area (Å²) in [6.07, 6.45) is 1.21. The first-order valence-corrected chi connectivity index (χ1v) is 10.3. The van der Waals surface area contributed by atoms with E-state index in [0.717, 1.165) is 5.32 Å². The molecule has 0 unspecified atom stereocenters. The molecule has 2 N–H and O–H groups in total. The monoisotopic (exact) mass is 439 g/mol. The molecular formula is C16H14ClN5O3Se. The third-order valence-electron chi connectivity index (χ3n) is 3.81. The first-order valence-electron chi connectivity index (χ1n) is 7.77. The summed E-state index contributed by atoms with van der Waals surface area (Å²) < 4.78 is 13.1. The normalized spacial score (nSPS) is 19.7. The average Bonchev–Trinajstić information content (AvgIpc) is 3.23. The predicted molar refractivity (Wildman–Crippen MR) is 95.9 cm³/mol. The third-order valence-corrected chi connectivity index (χ3v) is 6.29. The minimum absolute atomic E-state index is 0.121. The number of nitrogen functional groups attached to an aromatic ring is 1. The van der Waals surface area contributed by atoms with E-state index in [9.17, 15) is 4.79 Å². The molecule has 0 radical (unpaired) electrons. The second-order valence-electron chi connectivity index (χ2n) is 5.51. The molecule has 134 valence electrons. The zero-order valence-electron chi connectivity index (χ0n) is 13.4. The maximum atomic E-state index is 12.0. The van der Waals surface area contributed by atoms with Gasteiger partial charge >= 0.3 is 160 Å². The van der Waals surface area contributed by atoms with Crippen LogP contribution in [0.15, 0.2) is 36.5 Å². The number of esters is 1. The molecule has 4 rings (SSSR count). The summed E-state index contributed by atoms with van der Waals surface area (Å²) >= 11 is 6.01. The molecule has 1 fully saturated rings. The van der Waals surface area contributed by atoms with Gasteiger partial charge in [-0.15, -0.1) is 0 Å². The van der Waals surface area contributed by atoms with Crippen molar-refractivity contribution in [2.45, 2.75) is 16.5 Å².